The van der Waals surface area contributed by atoms with Gasteiger partial charge in [0.2, 0.25) is 20.0 Å². The van der Waals surface area contributed by atoms with Gasteiger partial charge in [0.05, 0.1) is 11.5 Å². The standard InChI is InChI=1S/C6H15ClN2O4S2/c1-8-14(10,11)6-4-9-15(12,13)5-2-3-7/h8-9H,2-6H2,1H3. The van der Waals surface area contributed by atoms with E-state index in [-0.39, 0.29) is 23.9 Å². The summed E-state index contributed by atoms with van der Waals surface area (Å²) in [6, 6.07) is 0. The van der Waals surface area contributed by atoms with Gasteiger partial charge in [0.1, 0.15) is 0 Å². The molecule has 92 valence electrons. The van der Waals surface area contributed by atoms with Crippen LogP contribution in [0.2, 0.25) is 0 Å². The van der Waals surface area contributed by atoms with E-state index in [0.29, 0.717) is 6.42 Å². The summed E-state index contributed by atoms with van der Waals surface area (Å²) in [5.74, 6) is -0.102. The minimum absolute atomic E-state index is 0.0872. The Hall–Kier alpha value is 0.110. The zero-order valence-corrected chi connectivity index (χ0v) is 10.8. The zero-order chi connectivity index (χ0) is 11.9. The van der Waals surface area contributed by atoms with E-state index in [2.05, 4.69) is 9.44 Å². The smallest absolute Gasteiger partial charge is 0.212 e. The molecule has 15 heavy (non-hydrogen) atoms. The van der Waals surface area contributed by atoms with E-state index in [1.165, 1.54) is 7.05 Å². The number of hydrogen-bond donors (Lipinski definition) is 2. The van der Waals surface area contributed by atoms with Crippen molar-refractivity contribution in [2.24, 2.45) is 0 Å². The molecule has 0 amide bonds. The van der Waals surface area contributed by atoms with Crippen molar-refractivity contribution in [3.8, 4) is 0 Å². The first-order chi connectivity index (χ1) is 6.83. The zero-order valence-electron chi connectivity index (χ0n) is 8.36. The number of hydrogen-bond acceptors (Lipinski definition) is 4. The Morgan fingerprint density at radius 1 is 1.07 bits per heavy atom. The van der Waals surface area contributed by atoms with Crippen LogP contribution in [0.5, 0.6) is 0 Å². The topological polar surface area (TPSA) is 92.3 Å². The molecule has 0 aromatic heterocycles. The molecule has 0 aromatic carbocycles. The molecule has 0 aliphatic carbocycles. The third-order valence-corrected chi connectivity index (χ3v) is 4.65. The van der Waals surface area contributed by atoms with Gasteiger partial charge >= 0.3 is 0 Å². The number of nitrogens with one attached hydrogen (secondary N) is 2. The fourth-order valence-electron chi connectivity index (χ4n) is 0.750. The second kappa shape index (κ2) is 6.64. The van der Waals surface area contributed by atoms with Gasteiger partial charge in [-0.15, -0.1) is 11.6 Å². The van der Waals surface area contributed by atoms with E-state index in [1.54, 1.807) is 0 Å². The molecule has 0 radical (unpaired) electrons. The highest BCUT2D eigenvalue weighted by molar-refractivity contribution is 7.90. The Kier molecular flexibility index (Phi) is 6.69. The number of alkyl halides is 1. The molecule has 6 nitrogen and oxygen atoms in total. The number of halogens is 1. The van der Waals surface area contributed by atoms with Crippen molar-refractivity contribution >= 4 is 31.6 Å². The van der Waals surface area contributed by atoms with Crippen molar-refractivity contribution in [2.75, 3.05) is 31.0 Å². The molecule has 0 aromatic rings. The predicted octanol–water partition coefficient (Wildman–Crippen LogP) is -0.916. The van der Waals surface area contributed by atoms with Gasteiger partial charge in [0, 0.05) is 12.4 Å². The van der Waals surface area contributed by atoms with Crippen LogP contribution in [0.25, 0.3) is 0 Å². The van der Waals surface area contributed by atoms with Gasteiger partial charge in [-0.25, -0.2) is 26.3 Å². The van der Waals surface area contributed by atoms with Crippen LogP contribution in [0, 0.1) is 0 Å². The minimum atomic E-state index is -3.40. The first kappa shape index (κ1) is 15.1. The van der Waals surface area contributed by atoms with Gasteiger partial charge in [-0.05, 0) is 13.5 Å². The van der Waals surface area contributed by atoms with Crippen molar-refractivity contribution in [2.45, 2.75) is 6.42 Å². The van der Waals surface area contributed by atoms with Gasteiger partial charge in [-0.2, -0.15) is 0 Å². The van der Waals surface area contributed by atoms with E-state index in [0.717, 1.165) is 0 Å². The Bertz CT molecular complexity index is 365. The van der Waals surface area contributed by atoms with Gasteiger partial charge in [-0.1, -0.05) is 0 Å². The lowest BCUT2D eigenvalue weighted by molar-refractivity contribution is 0.578. The van der Waals surface area contributed by atoms with E-state index in [9.17, 15) is 16.8 Å². The third kappa shape index (κ3) is 7.97. The Morgan fingerprint density at radius 2 is 1.67 bits per heavy atom. The van der Waals surface area contributed by atoms with Crippen LogP contribution in [0.3, 0.4) is 0 Å². The fraction of sp³-hybridized carbons (Fsp3) is 1.00. The van der Waals surface area contributed by atoms with Gasteiger partial charge < -0.3 is 0 Å². The molecule has 0 unspecified atom stereocenters. The molecule has 0 fully saturated rings. The first-order valence-corrected chi connectivity index (χ1v) is 8.11. The van der Waals surface area contributed by atoms with E-state index in [1.807, 2.05) is 0 Å². The Labute approximate surface area is 95.5 Å². The summed E-state index contributed by atoms with van der Waals surface area (Å²) in [6.45, 7) is -0.131. The largest absolute Gasteiger partial charge is 0.218 e. The summed E-state index contributed by atoms with van der Waals surface area (Å²) in [6.07, 6.45) is 0.343. The molecule has 0 rings (SSSR count). The van der Waals surface area contributed by atoms with E-state index in [4.69, 9.17) is 11.6 Å². The van der Waals surface area contributed by atoms with Crippen LogP contribution in [0.4, 0.5) is 0 Å². The molecule has 9 heteroatoms. The Balaban J connectivity index is 3.96. The highest BCUT2D eigenvalue weighted by Gasteiger charge is 2.12. The lowest BCUT2D eigenvalue weighted by atomic mass is 10.6. The van der Waals surface area contributed by atoms with Gasteiger partial charge in [0.15, 0.2) is 0 Å². The lowest BCUT2D eigenvalue weighted by Crippen LogP contribution is -2.34. The summed E-state index contributed by atoms with van der Waals surface area (Å²) in [5, 5.41) is 0. The van der Waals surface area contributed by atoms with Crippen molar-refractivity contribution in [3.05, 3.63) is 0 Å². The summed E-state index contributed by atoms with van der Waals surface area (Å²) in [7, 11) is -5.49. The van der Waals surface area contributed by atoms with Crippen molar-refractivity contribution < 1.29 is 16.8 Å². The first-order valence-electron chi connectivity index (χ1n) is 4.27. The average Bonchev–Trinajstić information content (AvgIpc) is 2.14. The molecule has 2 N–H and O–H groups in total. The fourth-order valence-corrected chi connectivity index (χ4v) is 2.83. The molecule has 0 saturated heterocycles. The molecule has 0 atom stereocenters. The minimum Gasteiger partial charge on any atom is -0.218 e. The quantitative estimate of drug-likeness (QED) is 0.562. The van der Waals surface area contributed by atoms with Crippen LogP contribution in [-0.2, 0) is 20.0 Å². The summed E-state index contributed by atoms with van der Waals surface area (Å²) < 4.78 is 48.5. The van der Waals surface area contributed by atoms with Crippen LogP contribution >= 0.6 is 11.6 Å². The predicted molar refractivity (Wildman–Crippen MR) is 60.0 cm³/mol. The van der Waals surface area contributed by atoms with E-state index >= 15 is 0 Å². The third-order valence-electron chi connectivity index (χ3n) is 1.55. The molecular formula is C6H15ClN2O4S2. The van der Waals surface area contributed by atoms with Crippen molar-refractivity contribution in [1.29, 1.82) is 0 Å². The highest BCUT2D eigenvalue weighted by atomic mass is 35.5. The van der Waals surface area contributed by atoms with Crippen LogP contribution < -0.4 is 9.44 Å². The molecule has 0 heterocycles. The van der Waals surface area contributed by atoms with E-state index < -0.39 is 20.0 Å². The van der Waals surface area contributed by atoms with Gasteiger partial charge in [-0.3, -0.25) is 0 Å². The number of rotatable bonds is 8. The second-order valence-corrected chi connectivity index (χ2v) is 7.13. The van der Waals surface area contributed by atoms with Crippen molar-refractivity contribution in [3.63, 3.8) is 0 Å². The normalized spacial score (nSPS) is 12.9. The van der Waals surface area contributed by atoms with Gasteiger partial charge in [0.25, 0.3) is 0 Å². The average molecular weight is 279 g/mol. The number of sulfonamides is 2. The van der Waals surface area contributed by atoms with Crippen LogP contribution in [-0.4, -0.2) is 47.8 Å². The molecule has 0 aliphatic rings. The summed E-state index contributed by atoms with van der Waals surface area (Å²) in [5.41, 5.74) is 0. The summed E-state index contributed by atoms with van der Waals surface area (Å²) in [4.78, 5) is 0. The maximum atomic E-state index is 11.2. The molecule has 0 saturated carbocycles. The SMILES string of the molecule is CNS(=O)(=O)CCNS(=O)(=O)CCCCl. The molecule has 0 spiro atoms. The van der Waals surface area contributed by atoms with Crippen molar-refractivity contribution in [1.82, 2.24) is 9.44 Å². The highest BCUT2D eigenvalue weighted by Crippen LogP contribution is 1.92. The molecular weight excluding hydrogens is 264 g/mol. The van der Waals surface area contributed by atoms with Crippen LogP contribution in [0.15, 0.2) is 0 Å². The summed E-state index contributed by atoms with van der Waals surface area (Å²) >= 11 is 5.34. The maximum Gasteiger partial charge on any atom is 0.212 e. The molecule has 0 aliphatic heterocycles. The Morgan fingerprint density at radius 3 is 2.13 bits per heavy atom. The van der Waals surface area contributed by atoms with Crippen LogP contribution in [0.1, 0.15) is 6.42 Å². The molecule has 0 bridgehead atoms. The second-order valence-electron chi connectivity index (χ2n) is 2.78. The monoisotopic (exact) mass is 278 g/mol. The lowest BCUT2D eigenvalue weighted by Gasteiger charge is -2.05. The maximum absolute atomic E-state index is 11.2.